The number of carbonyl (C=O) groups excluding carboxylic acids is 2. The summed E-state index contributed by atoms with van der Waals surface area (Å²) in [6, 6.07) is 11.9. The third-order valence-electron chi connectivity index (χ3n) is 4.40. The van der Waals surface area contributed by atoms with Gasteiger partial charge in [-0.15, -0.1) is 0 Å². The predicted molar refractivity (Wildman–Crippen MR) is 104 cm³/mol. The Hall–Kier alpha value is -3.13. The SMILES string of the molecule is O=C(Nc1ccnc(Sc2ccccn2)c1)[C@@H]1CCCN1C(=O)c1ccco1. The lowest BCUT2D eigenvalue weighted by Crippen LogP contribution is -2.43. The molecule has 0 aliphatic carbocycles. The molecule has 1 atom stereocenters. The number of nitrogens with zero attached hydrogens (tertiary/aromatic N) is 3. The van der Waals surface area contributed by atoms with Gasteiger partial charge in [-0.05, 0) is 49.2 Å². The third-order valence-corrected chi connectivity index (χ3v) is 5.28. The summed E-state index contributed by atoms with van der Waals surface area (Å²) in [4.78, 5) is 35.5. The molecule has 4 rings (SSSR count). The maximum atomic E-state index is 12.8. The van der Waals surface area contributed by atoms with Gasteiger partial charge in [-0.25, -0.2) is 9.97 Å². The van der Waals surface area contributed by atoms with Crippen molar-refractivity contribution in [3.63, 3.8) is 0 Å². The first-order chi connectivity index (χ1) is 13.7. The lowest BCUT2D eigenvalue weighted by Gasteiger charge is -2.23. The maximum Gasteiger partial charge on any atom is 0.290 e. The molecule has 1 aliphatic heterocycles. The van der Waals surface area contributed by atoms with Crippen LogP contribution in [0.5, 0.6) is 0 Å². The van der Waals surface area contributed by atoms with E-state index in [0.717, 1.165) is 16.5 Å². The highest BCUT2D eigenvalue weighted by Crippen LogP contribution is 2.26. The van der Waals surface area contributed by atoms with E-state index in [1.807, 2.05) is 18.2 Å². The first-order valence-electron chi connectivity index (χ1n) is 8.91. The first-order valence-corrected chi connectivity index (χ1v) is 9.72. The summed E-state index contributed by atoms with van der Waals surface area (Å²) in [5.41, 5.74) is 0.635. The Morgan fingerprint density at radius 3 is 2.79 bits per heavy atom. The summed E-state index contributed by atoms with van der Waals surface area (Å²) >= 11 is 1.41. The van der Waals surface area contributed by atoms with E-state index < -0.39 is 6.04 Å². The maximum absolute atomic E-state index is 12.8. The standard InChI is InChI=1S/C20H18N4O3S/c25-19(15-5-3-11-24(15)20(26)16-6-4-12-27-16)23-14-8-10-22-18(13-14)28-17-7-1-2-9-21-17/h1-2,4,6-10,12-13,15H,3,5,11H2,(H,22,23,25)/t15-/m0/s1. The largest absolute Gasteiger partial charge is 0.459 e. The average molecular weight is 394 g/mol. The number of carbonyl (C=O) groups is 2. The van der Waals surface area contributed by atoms with Crippen LogP contribution in [0.4, 0.5) is 5.69 Å². The van der Waals surface area contributed by atoms with Gasteiger partial charge < -0.3 is 14.6 Å². The Balaban J connectivity index is 1.44. The van der Waals surface area contributed by atoms with Crippen molar-refractivity contribution in [1.82, 2.24) is 14.9 Å². The highest BCUT2D eigenvalue weighted by Gasteiger charge is 2.35. The second-order valence-corrected chi connectivity index (χ2v) is 7.32. The van der Waals surface area contributed by atoms with Gasteiger partial charge in [0.05, 0.1) is 6.26 Å². The Bertz CT molecular complexity index is 963. The number of hydrogen-bond donors (Lipinski definition) is 1. The van der Waals surface area contributed by atoms with Gasteiger partial charge in [-0.1, -0.05) is 17.8 Å². The fourth-order valence-corrected chi connectivity index (χ4v) is 3.88. The van der Waals surface area contributed by atoms with E-state index in [1.165, 1.54) is 18.0 Å². The number of furan rings is 1. The zero-order chi connectivity index (χ0) is 19.3. The van der Waals surface area contributed by atoms with E-state index in [-0.39, 0.29) is 17.6 Å². The number of likely N-dealkylation sites (tertiary alicyclic amines) is 1. The number of rotatable bonds is 5. The fraction of sp³-hybridized carbons (Fsp3) is 0.200. The predicted octanol–water partition coefficient (Wildman–Crippen LogP) is 3.46. The smallest absolute Gasteiger partial charge is 0.290 e. The second-order valence-electron chi connectivity index (χ2n) is 6.28. The fourth-order valence-electron chi connectivity index (χ4n) is 3.11. The zero-order valence-electron chi connectivity index (χ0n) is 14.9. The summed E-state index contributed by atoms with van der Waals surface area (Å²) in [6.07, 6.45) is 6.22. The number of amides is 2. The van der Waals surface area contributed by atoms with Crippen LogP contribution in [-0.2, 0) is 4.79 Å². The summed E-state index contributed by atoms with van der Waals surface area (Å²) in [5.74, 6) is -0.223. The highest BCUT2D eigenvalue weighted by molar-refractivity contribution is 7.99. The lowest BCUT2D eigenvalue weighted by molar-refractivity contribution is -0.119. The van der Waals surface area contributed by atoms with Crippen molar-refractivity contribution >= 4 is 29.3 Å². The molecule has 2 amide bonds. The molecule has 7 nitrogen and oxygen atoms in total. The number of hydrogen-bond acceptors (Lipinski definition) is 6. The molecule has 4 heterocycles. The molecule has 1 aliphatic rings. The van der Waals surface area contributed by atoms with E-state index in [1.54, 1.807) is 41.6 Å². The van der Waals surface area contributed by atoms with Crippen LogP contribution in [0, 0.1) is 0 Å². The Kier molecular flexibility index (Phi) is 5.38. The van der Waals surface area contributed by atoms with Gasteiger partial charge >= 0.3 is 0 Å². The monoisotopic (exact) mass is 394 g/mol. The van der Waals surface area contributed by atoms with E-state index in [9.17, 15) is 9.59 Å². The number of nitrogens with one attached hydrogen (secondary N) is 1. The Morgan fingerprint density at radius 1 is 1.11 bits per heavy atom. The molecule has 1 saturated heterocycles. The van der Waals surface area contributed by atoms with Gasteiger partial charge in [-0.2, -0.15) is 0 Å². The van der Waals surface area contributed by atoms with Crippen molar-refractivity contribution in [3.8, 4) is 0 Å². The Labute approximate surface area is 166 Å². The van der Waals surface area contributed by atoms with Crippen molar-refractivity contribution < 1.29 is 14.0 Å². The number of aromatic nitrogens is 2. The summed E-state index contributed by atoms with van der Waals surface area (Å²) in [6.45, 7) is 0.536. The minimum absolute atomic E-state index is 0.211. The zero-order valence-corrected chi connectivity index (χ0v) is 15.8. The van der Waals surface area contributed by atoms with Crippen molar-refractivity contribution in [2.24, 2.45) is 0 Å². The van der Waals surface area contributed by atoms with Gasteiger partial charge in [0.25, 0.3) is 5.91 Å². The van der Waals surface area contributed by atoms with E-state index in [0.29, 0.717) is 18.7 Å². The minimum atomic E-state index is -0.516. The molecular formula is C20H18N4O3S. The molecule has 0 unspecified atom stereocenters. The normalized spacial score (nSPS) is 16.1. The summed E-state index contributed by atoms with van der Waals surface area (Å²) in [7, 11) is 0. The van der Waals surface area contributed by atoms with Crippen molar-refractivity contribution in [2.45, 2.75) is 28.9 Å². The van der Waals surface area contributed by atoms with Crippen LogP contribution >= 0.6 is 11.8 Å². The molecule has 3 aromatic rings. The van der Waals surface area contributed by atoms with Crippen LogP contribution in [0.15, 0.2) is 75.6 Å². The minimum Gasteiger partial charge on any atom is -0.459 e. The second kappa shape index (κ2) is 8.26. The molecule has 1 fully saturated rings. The van der Waals surface area contributed by atoms with Crippen LogP contribution in [0.3, 0.4) is 0 Å². The average Bonchev–Trinajstić information content (AvgIpc) is 3.41. The van der Waals surface area contributed by atoms with Crippen molar-refractivity contribution in [3.05, 3.63) is 66.9 Å². The number of anilines is 1. The molecule has 0 spiro atoms. The molecule has 3 aromatic heterocycles. The molecule has 0 radical (unpaired) electrons. The van der Waals surface area contributed by atoms with Crippen LogP contribution in [0.25, 0.3) is 0 Å². The molecule has 0 aromatic carbocycles. The van der Waals surface area contributed by atoms with Gasteiger partial charge in [0.1, 0.15) is 16.1 Å². The van der Waals surface area contributed by atoms with Gasteiger partial charge in [0.15, 0.2) is 5.76 Å². The molecular weight excluding hydrogens is 376 g/mol. The Morgan fingerprint density at radius 2 is 2.00 bits per heavy atom. The lowest BCUT2D eigenvalue weighted by atomic mass is 10.2. The van der Waals surface area contributed by atoms with Crippen LogP contribution in [-0.4, -0.2) is 39.3 Å². The molecule has 28 heavy (non-hydrogen) atoms. The van der Waals surface area contributed by atoms with Crippen LogP contribution in [0.2, 0.25) is 0 Å². The van der Waals surface area contributed by atoms with Crippen LogP contribution in [0.1, 0.15) is 23.4 Å². The summed E-state index contributed by atoms with van der Waals surface area (Å²) in [5, 5.41) is 4.45. The molecule has 1 N–H and O–H groups in total. The van der Waals surface area contributed by atoms with Gasteiger partial charge in [-0.3, -0.25) is 9.59 Å². The van der Waals surface area contributed by atoms with Crippen molar-refractivity contribution in [2.75, 3.05) is 11.9 Å². The molecule has 0 bridgehead atoms. The molecule has 142 valence electrons. The van der Waals surface area contributed by atoms with Crippen LogP contribution < -0.4 is 5.32 Å². The molecule has 0 saturated carbocycles. The van der Waals surface area contributed by atoms with E-state index in [2.05, 4.69) is 15.3 Å². The quantitative estimate of drug-likeness (QED) is 0.713. The highest BCUT2D eigenvalue weighted by atomic mass is 32.2. The van der Waals surface area contributed by atoms with Crippen molar-refractivity contribution in [1.29, 1.82) is 0 Å². The van der Waals surface area contributed by atoms with E-state index >= 15 is 0 Å². The summed E-state index contributed by atoms with van der Waals surface area (Å²) < 4.78 is 5.19. The molecule has 8 heteroatoms. The number of pyridine rings is 2. The van der Waals surface area contributed by atoms with Gasteiger partial charge in [0, 0.05) is 24.6 Å². The van der Waals surface area contributed by atoms with Gasteiger partial charge in [0.2, 0.25) is 5.91 Å². The topological polar surface area (TPSA) is 88.3 Å². The third kappa shape index (κ3) is 4.07. The first kappa shape index (κ1) is 18.2. The van der Waals surface area contributed by atoms with E-state index in [4.69, 9.17) is 4.42 Å².